The van der Waals surface area contributed by atoms with Crippen LogP contribution in [0.3, 0.4) is 0 Å². The summed E-state index contributed by atoms with van der Waals surface area (Å²) in [5, 5.41) is 0. The minimum atomic E-state index is -0.115. The summed E-state index contributed by atoms with van der Waals surface area (Å²) in [4.78, 5) is 28.4. The van der Waals surface area contributed by atoms with E-state index >= 15 is 0 Å². The zero-order valence-corrected chi connectivity index (χ0v) is 13.5. The van der Waals surface area contributed by atoms with Crippen LogP contribution in [0.5, 0.6) is 0 Å². The minimum absolute atomic E-state index is 0.00885. The fourth-order valence-electron chi connectivity index (χ4n) is 3.10. The summed E-state index contributed by atoms with van der Waals surface area (Å²) in [6.45, 7) is 3.24. The molecule has 0 unspecified atom stereocenters. The lowest BCUT2D eigenvalue weighted by Crippen LogP contribution is -2.52. The van der Waals surface area contributed by atoms with Crippen molar-refractivity contribution in [2.45, 2.75) is 13.0 Å². The lowest BCUT2D eigenvalue weighted by molar-refractivity contribution is -0.131. The summed E-state index contributed by atoms with van der Waals surface area (Å²) < 4.78 is 1.84. The molecule has 23 heavy (non-hydrogen) atoms. The van der Waals surface area contributed by atoms with Crippen LogP contribution in [0, 0.1) is 0 Å². The number of benzene rings is 1. The molecule has 1 aromatic carbocycles. The van der Waals surface area contributed by atoms with Crippen molar-refractivity contribution in [2.24, 2.45) is 7.05 Å². The molecule has 2 amide bonds. The molecule has 2 heterocycles. The van der Waals surface area contributed by atoms with Crippen LogP contribution in [0.1, 0.15) is 29.0 Å². The van der Waals surface area contributed by atoms with E-state index < -0.39 is 0 Å². The van der Waals surface area contributed by atoms with Gasteiger partial charge in [-0.2, -0.15) is 0 Å². The Bertz CT molecular complexity index is 708. The average molecular weight is 311 g/mol. The molecule has 1 aromatic heterocycles. The molecule has 0 bridgehead atoms. The van der Waals surface area contributed by atoms with E-state index in [1.165, 1.54) is 0 Å². The van der Waals surface area contributed by atoms with E-state index in [9.17, 15) is 9.59 Å². The first kappa shape index (κ1) is 15.3. The summed E-state index contributed by atoms with van der Waals surface area (Å²) in [5.74, 6) is 0.0615. The van der Waals surface area contributed by atoms with Crippen molar-refractivity contribution in [3.05, 3.63) is 59.9 Å². The number of hydrogen-bond acceptors (Lipinski definition) is 2. The van der Waals surface area contributed by atoms with Crippen molar-refractivity contribution >= 4 is 11.8 Å². The van der Waals surface area contributed by atoms with Crippen LogP contribution < -0.4 is 0 Å². The maximum Gasteiger partial charge on any atom is 0.271 e. The van der Waals surface area contributed by atoms with Gasteiger partial charge < -0.3 is 14.4 Å². The largest absolute Gasteiger partial charge is 0.347 e. The maximum atomic E-state index is 12.9. The second kappa shape index (κ2) is 6.28. The summed E-state index contributed by atoms with van der Waals surface area (Å²) in [6.07, 6.45) is 1.87. The zero-order chi connectivity index (χ0) is 16.4. The summed E-state index contributed by atoms with van der Waals surface area (Å²) in [5.41, 5.74) is 1.73. The maximum absolute atomic E-state index is 12.9. The van der Waals surface area contributed by atoms with Gasteiger partial charge in [0.2, 0.25) is 5.91 Å². The Labute approximate surface area is 136 Å². The third-order valence-electron chi connectivity index (χ3n) is 4.43. The van der Waals surface area contributed by atoms with Gasteiger partial charge in [0.05, 0.1) is 6.04 Å². The van der Waals surface area contributed by atoms with E-state index in [-0.39, 0.29) is 17.9 Å². The molecule has 3 rings (SSSR count). The van der Waals surface area contributed by atoms with Crippen LogP contribution in [0.2, 0.25) is 0 Å². The van der Waals surface area contributed by atoms with Crippen LogP contribution in [0.4, 0.5) is 0 Å². The zero-order valence-electron chi connectivity index (χ0n) is 13.5. The normalized spacial score (nSPS) is 18.1. The average Bonchev–Trinajstić information content (AvgIpc) is 3.00. The van der Waals surface area contributed by atoms with Gasteiger partial charge in [0.15, 0.2) is 0 Å². The summed E-state index contributed by atoms with van der Waals surface area (Å²) >= 11 is 0. The molecule has 5 heteroatoms. The molecule has 2 aromatic rings. The van der Waals surface area contributed by atoms with Gasteiger partial charge in [0.1, 0.15) is 5.69 Å². The van der Waals surface area contributed by atoms with Crippen molar-refractivity contribution in [1.82, 2.24) is 14.4 Å². The smallest absolute Gasteiger partial charge is 0.271 e. The van der Waals surface area contributed by atoms with E-state index in [1.54, 1.807) is 6.92 Å². The number of amides is 2. The lowest BCUT2D eigenvalue weighted by Gasteiger charge is -2.41. The number of rotatable bonds is 2. The first-order valence-corrected chi connectivity index (χ1v) is 7.80. The van der Waals surface area contributed by atoms with Gasteiger partial charge in [0.25, 0.3) is 5.91 Å². The van der Waals surface area contributed by atoms with E-state index in [1.807, 2.05) is 70.1 Å². The summed E-state index contributed by atoms with van der Waals surface area (Å²) in [6, 6.07) is 13.5. The summed E-state index contributed by atoms with van der Waals surface area (Å²) in [7, 11) is 1.87. The van der Waals surface area contributed by atoms with Gasteiger partial charge in [0, 0.05) is 39.8 Å². The van der Waals surface area contributed by atoms with Gasteiger partial charge in [-0.25, -0.2) is 0 Å². The number of aryl methyl sites for hydroxylation is 1. The number of carbonyl (C=O) groups is 2. The fourth-order valence-corrected chi connectivity index (χ4v) is 3.10. The predicted molar refractivity (Wildman–Crippen MR) is 87.9 cm³/mol. The third-order valence-corrected chi connectivity index (χ3v) is 4.43. The Kier molecular flexibility index (Phi) is 4.19. The highest BCUT2D eigenvalue weighted by Gasteiger charge is 2.33. The lowest BCUT2D eigenvalue weighted by atomic mass is 10.0. The molecule has 0 saturated carbocycles. The van der Waals surface area contributed by atoms with Crippen LogP contribution in [0.25, 0.3) is 0 Å². The molecule has 0 spiro atoms. The first-order valence-electron chi connectivity index (χ1n) is 7.80. The van der Waals surface area contributed by atoms with Gasteiger partial charge in [-0.3, -0.25) is 9.59 Å². The minimum Gasteiger partial charge on any atom is -0.347 e. The highest BCUT2D eigenvalue weighted by atomic mass is 16.2. The predicted octanol–water partition coefficient (Wildman–Crippen LogP) is 2.07. The van der Waals surface area contributed by atoms with Gasteiger partial charge in [-0.05, 0) is 17.7 Å². The van der Waals surface area contributed by atoms with Crippen LogP contribution in [-0.2, 0) is 11.8 Å². The molecule has 1 saturated heterocycles. The Morgan fingerprint density at radius 1 is 1.04 bits per heavy atom. The van der Waals surface area contributed by atoms with Crippen molar-refractivity contribution in [3.63, 3.8) is 0 Å². The second-order valence-corrected chi connectivity index (χ2v) is 5.89. The molecule has 1 fully saturated rings. The van der Waals surface area contributed by atoms with Crippen LogP contribution in [-0.4, -0.2) is 45.8 Å². The quantitative estimate of drug-likeness (QED) is 0.852. The van der Waals surface area contributed by atoms with E-state index in [0.717, 1.165) is 5.56 Å². The van der Waals surface area contributed by atoms with Crippen molar-refractivity contribution < 1.29 is 9.59 Å². The molecule has 5 nitrogen and oxygen atoms in total. The van der Waals surface area contributed by atoms with Crippen LogP contribution in [0.15, 0.2) is 48.7 Å². The van der Waals surface area contributed by atoms with Crippen molar-refractivity contribution in [2.75, 3.05) is 19.6 Å². The highest BCUT2D eigenvalue weighted by Crippen LogP contribution is 2.27. The Morgan fingerprint density at radius 2 is 1.78 bits per heavy atom. The topological polar surface area (TPSA) is 45.6 Å². The van der Waals surface area contributed by atoms with E-state index in [2.05, 4.69) is 0 Å². The molecule has 120 valence electrons. The monoisotopic (exact) mass is 311 g/mol. The number of nitrogens with zero attached hydrogens (tertiary/aromatic N) is 3. The third kappa shape index (κ3) is 2.99. The molecular weight excluding hydrogens is 290 g/mol. The molecule has 1 aliphatic rings. The van der Waals surface area contributed by atoms with Gasteiger partial charge in [-0.15, -0.1) is 0 Å². The Balaban J connectivity index is 1.92. The first-order chi connectivity index (χ1) is 11.1. The molecule has 0 aliphatic carbocycles. The molecule has 1 aliphatic heterocycles. The SMILES string of the molecule is CC(=O)N1CCN(C(=O)c2cccn2C)[C@@H](c2ccccc2)C1. The molecule has 1 atom stereocenters. The standard InChI is InChI=1S/C18H21N3O2/c1-14(22)20-11-12-21(18(23)16-9-6-10-19(16)2)17(13-20)15-7-4-3-5-8-15/h3-10,17H,11-13H2,1-2H3/t17-/m1/s1. The second-order valence-electron chi connectivity index (χ2n) is 5.89. The molecular formula is C18H21N3O2. The highest BCUT2D eigenvalue weighted by molar-refractivity contribution is 5.93. The van der Waals surface area contributed by atoms with Crippen molar-refractivity contribution in [3.8, 4) is 0 Å². The Morgan fingerprint density at radius 3 is 2.39 bits per heavy atom. The van der Waals surface area contributed by atoms with Gasteiger partial charge in [-0.1, -0.05) is 30.3 Å². The molecule has 0 radical (unpaired) electrons. The number of hydrogen-bond donors (Lipinski definition) is 0. The van der Waals surface area contributed by atoms with Crippen molar-refractivity contribution in [1.29, 1.82) is 0 Å². The number of aromatic nitrogens is 1. The van der Waals surface area contributed by atoms with E-state index in [0.29, 0.717) is 25.3 Å². The van der Waals surface area contributed by atoms with Gasteiger partial charge >= 0.3 is 0 Å². The molecule has 0 N–H and O–H groups in total. The number of carbonyl (C=O) groups excluding carboxylic acids is 2. The van der Waals surface area contributed by atoms with E-state index in [4.69, 9.17) is 0 Å². The van der Waals surface area contributed by atoms with Crippen LogP contribution >= 0.6 is 0 Å². The number of piperazine rings is 1. The Hall–Kier alpha value is -2.56. The fraction of sp³-hybridized carbons (Fsp3) is 0.333.